The summed E-state index contributed by atoms with van der Waals surface area (Å²) in [7, 11) is 0. The first-order valence-corrected chi connectivity index (χ1v) is 7.66. The summed E-state index contributed by atoms with van der Waals surface area (Å²) < 4.78 is 1.57. The first kappa shape index (κ1) is 17.4. The van der Waals surface area contributed by atoms with Gasteiger partial charge in [-0.2, -0.15) is 5.10 Å². The van der Waals surface area contributed by atoms with Crippen LogP contribution >= 0.6 is 12.4 Å². The number of nitrogens with one attached hydrogen (secondary N) is 2. The van der Waals surface area contributed by atoms with Gasteiger partial charge in [-0.1, -0.05) is 12.1 Å². The largest absolute Gasteiger partial charge is 0.354 e. The van der Waals surface area contributed by atoms with Gasteiger partial charge in [0, 0.05) is 11.9 Å². The second kappa shape index (κ2) is 8.08. The smallest absolute Gasteiger partial charge is 0.241 e. The highest BCUT2D eigenvalue weighted by molar-refractivity contribution is 5.85. The molecule has 1 aliphatic rings. The summed E-state index contributed by atoms with van der Waals surface area (Å²) in [5.41, 5.74) is 0.560. The molecule has 0 spiro atoms. The van der Waals surface area contributed by atoms with Gasteiger partial charge in [-0.25, -0.2) is 0 Å². The average molecular weight is 337 g/mol. The van der Waals surface area contributed by atoms with Gasteiger partial charge in [-0.3, -0.25) is 14.3 Å². The normalized spacial score (nSPS) is 17.5. The lowest BCUT2D eigenvalue weighted by atomic mass is 10.00. The highest BCUT2D eigenvalue weighted by Crippen LogP contribution is 2.09. The highest BCUT2D eigenvalue weighted by Gasteiger charge is 2.14. The monoisotopic (exact) mass is 336 g/mol. The fraction of sp³-hybridized carbons (Fsp3) is 0.438. The number of hydrogen-bond acceptors (Lipinski definition) is 4. The summed E-state index contributed by atoms with van der Waals surface area (Å²) >= 11 is 0. The zero-order chi connectivity index (χ0) is 15.4. The molecular weight excluding hydrogens is 316 g/mol. The van der Waals surface area contributed by atoms with Gasteiger partial charge in [0.2, 0.25) is 11.3 Å². The minimum atomic E-state index is -0.125. The van der Waals surface area contributed by atoms with Gasteiger partial charge in [0.1, 0.15) is 6.54 Å². The van der Waals surface area contributed by atoms with E-state index in [1.165, 1.54) is 6.20 Å². The molecule has 0 saturated carbocycles. The van der Waals surface area contributed by atoms with Crippen molar-refractivity contribution in [2.24, 2.45) is 5.92 Å². The molecule has 124 valence electrons. The van der Waals surface area contributed by atoms with E-state index in [0.29, 0.717) is 23.4 Å². The van der Waals surface area contributed by atoms with Crippen molar-refractivity contribution < 1.29 is 4.79 Å². The van der Waals surface area contributed by atoms with Crippen molar-refractivity contribution in [3.8, 4) is 0 Å². The molecule has 1 unspecified atom stereocenters. The second-order valence-electron chi connectivity index (χ2n) is 5.70. The van der Waals surface area contributed by atoms with E-state index >= 15 is 0 Å². The van der Waals surface area contributed by atoms with Gasteiger partial charge in [-0.15, -0.1) is 12.4 Å². The van der Waals surface area contributed by atoms with Gasteiger partial charge >= 0.3 is 0 Å². The first-order valence-electron chi connectivity index (χ1n) is 7.66. The van der Waals surface area contributed by atoms with Crippen LogP contribution in [0.15, 0.2) is 35.3 Å². The Kier molecular flexibility index (Phi) is 6.12. The fourth-order valence-electron chi connectivity index (χ4n) is 2.84. The number of rotatable bonds is 4. The number of piperidine rings is 1. The number of para-hydroxylation sites is 1. The number of nitrogens with zero attached hydrogens (tertiary/aromatic N) is 2. The third kappa shape index (κ3) is 4.30. The molecule has 7 heteroatoms. The van der Waals surface area contributed by atoms with Crippen molar-refractivity contribution in [2.45, 2.75) is 19.4 Å². The van der Waals surface area contributed by atoms with E-state index in [1.807, 2.05) is 18.2 Å². The highest BCUT2D eigenvalue weighted by atomic mass is 35.5. The first-order chi connectivity index (χ1) is 10.7. The Morgan fingerprint density at radius 1 is 1.39 bits per heavy atom. The van der Waals surface area contributed by atoms with E-state index in [2.05, 4.69) is 15.7 Å². The number of aromatic nitrogens is 2. The zero-order valence-electron chi connectivity index (χ0n) is 12.8. The lowest BCUT2D eigenvalue weighted by Crippen LogP contribution is -2.39. The zero-order valence-corrected chi connectivity index (χ0v) is 13.6. The Morgan fingerprint density at radius 2 is 2.22 bits per heavy atom. The number of carbonyl (C=O) groups is 1. The Morgan fingerprint density at radius 3 is 3.00 bits per heavy atom. The maximum atomic E-state index is 12.1. The van der Waals surface area contributed by atoms with Crippen LogP contribution in [0.5, 0.6) is 0 Å². The van der Waals surface area contributed by atoms with Crippen molar-refractivity contribution in [1.82, 2.24) is 20.4 Å². The molecule has 23 heavy (non-hydrogen) atoms. The molecule has 0 aliphatic carbocycles. The summed E-state index contributed by atoms with van der Waals surface area (Å²) in [6.07, 6.45) is 3.57. The van der Waals surface area contributed by atoms with Crippen molar-refractivity contribution in [2.75, 3.05) is 19.6 Å². The quantitative estimate of drug-likeness (QED) is 0.871. The maximum absolute atomic E-state index is 12.1. The lowest BCUT2D eigenvalue weighted by Gasteiger charge is -2.22. The van der Waals surface area contributed by atoms with Crippen LogP contribution in [-0.2, 0) is 11.3 Å². The van der Waals surface area contributed by atoms with E-state index < -0.39 is 0 Å². The number of fused-ring (bicyclic) bond motifs is 1. The third-order valence-electron chi connectivity index (χ3n) is 4.04. The molecule has 0 bridgehead atoms. The van der Waals surface area contributed by atoms with Crippen LogP contribution in [0.1, 0.15) is 12.8 Å². The molecule has 1 aliphatic heterocycles. The molecule has 1 atom stereocenters. The predicted molar refractivity (Wildman–Crippen MR) is 91.9 cm³/mol. The molecule has 1 aromatic carbocycles. The number of hydrogen-bond donors (Lipinski definition) is 2. The summed E-state index contributed by atoms with van der Waals surface area (Å²) in [6, 6.07) is 7.21. The van der Waals surface area contributed by atoms with Gasteiger partial charge in [0.05, 0.1) is 11.7 Å². The van der Waals surface area contributed by atoms with E-state index in [9.17, 15) is 9.59 Å². The minimum Gasteiger partial charge on any atom is -0.354 e. The van der Waals surface area contributed by atoms with Crippen molar-refractivity contribution in [1.29, 1.82) is 0 Å². The van der Waals surface area contributed by atoms with E-state index in [-0.39, 0.29) is 30.3 Å². The Hall–Kier alpha value is -1.92. The maximum Gasteiger partial charge on any atom is 0.241 e. The lowest BCUT2D eigenvalue weighted by molar-refractivity contribution is -0.122. The molecule has 2 aromatic rings. The van der Waals surface area contributed by atoms with Gasteiger partial charge in [0.15, 0.2) is 0 Å². The molecule has 2 N–H and O–H groups in total. The molecule has 1 fully saturated rings. The Bertz CT molecular complexity index is 725. The predicted octanol–water partition coefficient (Wildman–Crippen LogP) is 0.934. The van der Waals surface area contributed by atoms with Crippen LogP contribution in [0.25, 0.3) is 10.9 Å². The molecule has 1 saturated heterocycles. The Balaban J connectivity index is 0.00000192. The summed E-state index contributed by atoms with van der Waals surface area (Å²) in [5.74, 6) is 0.420. The van der Waals surface area contributed by atoms with Gasteiger partial charge in [0.25, 0.3) is 0 Å². The van der Waals surface area contributed by atoms with E-state index in [1.54, 1.807) is 10.7 Å². The Labute approximate surface area is 140 Å². The molecule has 2 heterocycles. The van der Waals surface area contributed by atoms with Crippen LogP contribution in [-0.4, -0.2) is 35.3 Å². The van der Waals surface area contributed by atoms with Gasteiger partial charge in [-0.05, 0) is 44.0 Å². The van der Waals surface area contributed by atoms with Crippen molar-refractivity contribution in [3.63, 3.8) is 0 Å². The summed E-state index contributed by atoms with van der Waals surface area (Å²) in [6.45, 7) is 2.84. The number of amides is 1. The molecule has 1 aromatic heterocycles. The number of halogens is 1. The summed E-state index contributed by atoms with van der Waals surface area (Å²) in [4.78, 5) is 23.9. The third-order valence-corrected chi connectivity index (χ3v) is 4.04. The van der Waals surface area contributed by atoms with Crippen LogP contribution in [0, 0.1) is 5.92 Å². The fourth-order valence-corrected chi connectivity index (χ4v) is 2.84. The molecule has 0 radical (unpaired) electrons. The van der Waals surface area contributed by atoms with E-state index in [4.69, 9.17) is 0 Å². The second-order valence-corrected chi connectivity index (χ2v) is 5.70. The SMILES string of the molecule is Cl.O=C(Cn1ncc(=O)c2ccccc21)NCC1CCCNC1. The van der Waals surface area contributed by atoms with Crippen molar-refractivity contribution >= 4 is 29.2 Å². The molecule has 6 nitrogen and oxygen atoms in total. The molecular formula is C16H21ClN4O2. The minimum absolute atomic E-state index is 0. The van der Waals surface area contributed by atoms with Gasteiger partial charge < -0.3 is 10.6 Å². The van der Waals surface area contributed by atoms with Crippen molar-refractivity contribution in [3.05, 3.63) is 40.7 Å². The van der Waals surface area contributed by atoms with Crippen LogP contribution < -0.4 is 16.1 Å². The van der Waals surface area contributed by atoms with Crippen LogP contribution in [0.3, 0.4) is 0 Å². The van der Waals surface area contributed by atoms with Crippen LogP contribution in [0.2, 0.25) is 0 Å². The molecule has 1 amide bonds. The molecule has 3 rings (SSSR count). The average Bonchev–Trinajstić information content (AvgIpc) is 2.57. The van der Waals surface area contributed by atoms with Crippen LogP contribution in [0.4, 0.5) is 0 Å². The number of carbonyl (C=O) groups excluding carboxylic acids is 1. The topological polar surface area (TPSA) is 76.0 Å². The summed E-state index contributed by atoms with van der Waals surface area (Å²) in [5, 5.41) is 11.0. The standard InChI is InChI=1S/C16H20N4O2.ClH/c21-15-10-19-20(14-6-2-1-5-13(14)15)11-16(22)18-9-12-4-3-7-17-8-12;/h1-2,5-6,10,12,17H,3-4,7-9,11H2,(H,18,22);1H. The van der Waals surface area contributed by atoms with E-state index in [0.717, 1.165) is 25.9 Å². The number of benzene rings is 1.